The number of fused-ring (bicyclic) bond motifs is 1. The maximum Gasteiger partial charge on any atom is 0.123 e. The molecule has 0 aliphatic carbocycles. The third-order valence-corrected chi connectivity index (χ3v) is 3.87. The summed E-state index contributed by atoms with van der Waals surface area (Å²) in [6, 6.07) is 10.5. The van der Waals surface area contributed by atoms with Gasteiger partial charge in [-0.05, 0) is 46.5 Å². The van der Waals surface area contributed by atoms with Crippen LogP contribution in [-0.4, -0.2) is 29.5 Å². The van der Waals surface area contributed by atoms with E-state index in [-0.39, 0.29) is 19.0 Å². The van der Waals surface area contributed by atoms with Crippen LogP contribution in [0.5, 0.6) is 0 Å². The summed E-state index contributed by atoms with van der Waals surface area (Å²) < 4.78 is 13.1. The van der Waals surface area contributed by atoms with Gasteiger partial charge < -0.3 is 20.8 Å². The van der Waals surface area contributed by atoms with Crippen LogP contribution < -0.4 is 10.6 Å². The van der Waals surface area contributed by atoms with Crippen molar-refractivity contribution in [1.82, 2.24) is 5.32 Å². The molecule has 0 amide bonds. The minimum Gasteiger partial charge on any atom is -0.394 e. The third-order valence-electron chi connectivity index (χ3n) is 3.87. The van der Waals surface area contributed by atoms with Crippen LogP contribution in [-0.2, 0) is 13.1 Å². The van der Waals surface area contributed by atoms with E-state index in [0.717, 1.165) is 29.9 Å². The average molecular weight is 302 g/mol. The zero-order chi connectivity index (χ0) is 15.5. The maximum atomic E-state index is 13.1. The Hall–Kier alpha value is -1.95. The Bertz CT molecular complexity index is 658. The molecule has 3 rings (SSSR count). The summed E-state index contributed by atoms with van der Waals surface area (Å²) >= 11 is 0. The Morgan fingerprint density at radius 2 is 1.95 bits per heavy atom. The molecular formula is C17H19FN2O2. The highest BCUT2D eigenvalue weighted by Gasteiger charge is 2.17. The molecule has 1 unspecified atom stereocenters. The molecule has 0 saturated heterocycles. The van der Waals surface area contributed by atoms with Gasteiger partial charge in [0.1, 0.15) is 5.82 Å². The van der Waals surface area contributed by atoms with Gasteiger partial charge in [0.25, 0.3) is 0 Å². The largest absolute Gasteiger partial charge is 0.394 e. The van der Waals surface area contributed by atoms with Gasteiger partial charge in [-0.25, -0.2) is 4.39 Å². The van der Waals surface area contributed by atoms with E-state index >= 15 is 0 Å². The molecule has 0 radical (unpaired) electrons. The molecule has 1 aliphatic heterocycles. The standard InChI is InChI=1S/C17H19FN2O2/c18-13-3-1-11(2-4-13)16-6-14(20-8-15(22)10-21)5-12-7-19-9-17(12)16/h1-6,15,19-22H,7-10H2. The van der Waals surface area contributed by atoms with Crippen molar-refractivity contribution >= 4 is 5.69 Å². The monoisotopic (exact) mass is 302 g/mol. The molecule has 0 fully saturated rings. The first kappa shape index (κ1) is 15.0. The lowest BCUT2D eigenvalue weighted by Gasteiger charge is -2.15. The van der Waals surface area contributed by atoms with Crippen molar-refractivity contribution in [3.8, 4) is 11.1 Å². The van der Waals surface area contributed by atoms with Gasteiger partial charge >= 0.3 is 0 Å². The van der Waals surface area contributed by atoms with Crippen LogP contribution >= 0.6 is 0 Å². The van der Waals surface area contributed by atoms with Gasteiger partial charge in [0.15, 0.2) is 0 Å². The number of halogens is 1. The number of benzene rings is 2. The van der Waals surface area contributed by atoms with E-state index in [1.165, 1.54) is 23.3 Å². The van der Waals surface area contributed by atoms with Crippen molar-refractivity contribution < 1.29 is 14.6 Å². The Kier molecular flexibility index (Phi) is 4.38. The summed E-state index contributed by atoms with van der Waals surface area (Å²) in [6.45, 7) is 1.60. The number of hydrogen-bond acceptors (Lipinski definition) is 4. The Labute approximate surface area is 128 Å². The molecule has 2 aromatic carbocycles. The van der Waals surface area contributed by atoms with Crippen molar-refractivity contribution in [3.63, 3.8) is 0 Å². The van der Waals surface area contributed by atoms with Gasteiger partial charge in [0.2, 0.25) is 0 Å². The minimum absolute atomic E-state index is 0.251. The molecular weight excluding hydrogens is 283 g/mol. The van der Waals surface area contributed by atoms with E-state index < -0.39 is 6.10 Å². The number of aliphatic hydroxyl groups is 2. The van der Waals surface area contributed by atoms with Crippen LogP contribution in [0.3, 0.4) is 0 Å². The maximum absolute atomic E-state index is 13.1. The quantitative estimate of drug-likeness (QED) is 0.681. The SMILES string of the molecule is OCC(O)CNc1cc2c(c(-c3ccc(F)cc3)c1)CNC2. The molecule has 4 nitrogen and oxygen atoms in total. The summed E-state index contributed by atoms with van der Waals surface area (Å²) in [5, 5.41) is 24.8. The lowest BCUT2D eigenvalue weighted by molar-refractivity contribution is 0.105. The molecule has 4 N–H and O–H groups in total. The lowest BCUT2D eigenvalue weighted by atomic mass is 9.96. The minimum atomic E-state index is -0.791. The smallest absolute Gasteiger partial charge is 0.123 e. The van der Waals surface area contributed by atoms with Gasteiger partial charge in [-0.3, -0.25) is 0 Å². The van der Waals surface area contributed by atoms with E-state index in [9.17, 15) is 9.50 Å². The zero-order valence-corrected chi connectivity index (χ0v) is 12.1. The second kappa shape index (κ2) is 6.44. The van der Waals surface area contributed by atoms with Crippen LogP contribution in [0, 0.1) is 5.82 Å². The van der Waals surface area contributed by atoms with E-state index in [1.807, 2.05) is 12.1 Å². The summed E-state index contributed by atoms with van der Waals surface area (Å²) in [7, 11) is 0. The van der Waals surface area contributed by atoms with Crippen molar-refractivity contribution in [2.24, 2.45) is 0 Å². The van der Waals surface area contributed by atoms with Gasteiger partial charge in [0.05, 0.1) is 12.7 Å². The number of rotatable bonds is 5. The van der Waals surface area contributed by atoms with Crippen molar-refractivity contribution in [2.75, 3.05) is 18.5 Å². The molecule has 0 aromatic heterocycles. The Balaban J connectivity index is 1.94. The van der Waals surface area contributed by atoms with Crippen LogP contribution in [0.15, 0.2) is 36.4 Å². The molecule has 2 aromatic rings. The predicted molar refractivity (Wildman–Crippen MR) is 84.0 cm³/mol. The summed E-state index contributed by atoms with van der Waals surface area (Å²) in [4.78, 5) is 0. The predicted octanol–water partition coefficient (Wildman–Crippen LogP) is 1.86. The van der Waals surface area contributed by atoms with Gasteiger partial charge in [-0.15, -0.1) is 0 Å². The topological polar surface area (TPSA) is 64.5 Å². The molecule has 0 spiro atoms. The molecule has 0 saturated carbocycles. The molecule has 1 heterocycles. The fourth-order valence-corrected chi connectivity index (χ4v) is 2.71. The summed E-state index contributed by atoms with van der Waals surface area (Å²) in [5.41, 5.74) is 5.33. The van der Waals surface area contributed by atoms with Gasteiger partial charge in [-0.1, -0.05) is 12.1 Å². The second-order valence-electron chi connectivity index (χ2n) is 5.49. The van der Waals surface area contributed by atoms with Crippen LogP contribution in [0.25, 0.3) is 11.1 Å². The van der Waals surface area contributed by atoms with E-state index in [0.29, 0.717) is 0 Å². The summed E-state index contributed by atoms with van der Waals surface area (Å²) in [5.74, 6) is -0.251. The first-order valence-corrected chi connectivity index (χ1v) is 7.32. The average Bonchev–Trinajstić information content (AvgIpc) is 3.01. The number of hydrogen-bond donors (Lipinski definition) is 4. The lowest BCUT2D eigenvalue weighted by Crippen LogP contribution is -2.23. The molecule has 116 valence electrons. The molecule has 22 heavy (non-hydrogen) atoms. The fraction of sp³-hybridized carbons (Fsp3) is 0.294. The van der Waals surface area contributed by atoms with Crippen LogP contribution in [0.2, 0.25) is 0 Å². The van der Waals surface area contributed by atoms with Crippen molar-refractivity contribution in [2.45, 2.75) is 19.2 Å². The van der Waals surface area contributed by atoms with Crippen LogP contribution in [0.1, 0.15) is 11.1 Å². The third kappa shape index (κ3) is 3.11. The highest BCUT2D eigenvalue weighted by molar-refractivity contribution is 5.74. The van der Waals surface area contributed by atoms with Crippen molar-refractivity contribution in [3.05, 3.63) is 53.3 Å². The number of anilines is 1. The highest BCUT2D eigenvalue weighted by atomic mass is 19.1. The first-order valence-electron chi connectivity index (χ1n) is 7.32. The molecule has 5 heteroatoms. The highest BCUT2D eigenvalue weighted by Crippen LogP contribution is 2.32. The summed E-state index contributed by atoms with van der Waals surface area (Å²) in [6.07, 6.45) is -0.791. The van der Waals surface area contributed by atoms with E-state index in [4.69, 9.17) is 5.11 Å². The number of nitrogens with one attached hydrogen (secondary N) is 2. The van der Waals surface area contributed by atoms with E-state index in [2.05, 4.69) is 10.6 Å². The fourth-order valence-electron chi connectivity index (χ4n) is 2.71. The van der Waals surface area contributed by atoms with Gasteiger partial charge in [0, 0.05) is 25.3 Å². The second-order valence-corrected chi connectivity index (χ2v) is 5.49. The van der Waals surface area contributed by atoms with Crippen LogP contribution in [0.4, 0.5) is 10.1 Å². The van der Waals surface area contributed by atoms with Crippen molar-refractivity contribution in [1.29, 1.82) is 0 Å². The molecule has 1 aliphatic rings. The molecule has 1 atom stereocenters. The zero-order valence-electron chi connectivity index (χ0n) is 12.1. The first-order chi connectivity index (χ1) is 10.7. The van der Waals surface area contributed by atoms with E-state index in [1.54, 1.807) is 12.1 Å². The van der Waals surface area contributed by atoms with Gasteiger partial charge in [-0.2, -0.15) is 0 Å². The normalized spacial score (nSPS) is 14.7. The molecule has 0 bridgehead atoms. The Morgan fingerprint density at radius 1 is 1.18 bits per heavy atom. The number of aliphatic hydroxyl groups excluding tert-OH is 2. The Morgan fingerprint density at radius 3 is 2.68 bits per heavy atom.